The maximum Gasteiger partial charge on any atom is 0.144 e. The molecule has 10 heteroatoms. The summed E-state index contributed by atoms with van der Waals surface area (Å²) in [6.07, 6.45) is 6.55. The molecule has 1 aliphatic rings. The van der Waals surface area contributed by atoms with Crippen molar-refractivity contribution in [2.24, 2.45) is 5.92 Å². The normalized spacial score (nSPS) is 16.0. The number of nitrogens with one attached hydrogen (secondary N) is 2. The van der Waals surface area contributed by atoms with Gasteiger partial charge in [-0.25, -0.2) is 9.97 Å². The standard InChI is InChI=1S/C31H37N7O2S/c1-37(2)12-7-13-38(18-20-8-5-4-6-9-20)31(39)21-10-11-23-27(15-21)41-30-28(23)29(32-19-33-30)35-25-14-22-17-34-36-24(22)16-26(25)40-3/h4-6,8-9,14,16-17,19,21,31,39H,7,10-13,15,18H2,1-3H3,(H,34,36)(H,32,33,35)/t21-,31?/m0/s1. The van der Waals surface area contributed by atoms with Crippen LogP contribution in [0.4, 0.5) is 11.5 Å². The van der Waals surface area contributed by atoms with Crippen LogP contribution in [0.3, 0.4) is 0 Å². The fraction of sp³-hybridized carbons (Fsp3) is 0.387. The first-order valence-corrected chi connectivity index (χ1v) is 15.0. The van der Waals surface area contributed by atoms with Crippen molar-refractivity contribution >= 4 is 44.0 Å². The first-order chi connectivity index (χ1) is 20.0. The minimum atomic E-state index is -0.509. The summed E-state index contributed by atoms with van der Waals surface area (Å²) in [7, 11) is 5.86. The maximum absolute atomic E-state index is 11.7. The van der Waals surface area contributed by atoms with Gasteiger partial charge in [0.05, 0.1) is 29.9 Å². The van der Waals surface area contributed by atoms with Gasteiger partial charge in [0, 0.05) is 35.3 Å². The highest BCUT2D eigenvalue weighted by Gasteiger charge is 2.32. The number of fused-ring (bicyclic) bond motifs is 4. The number of hydrogen-bond donors (Lipinski definition) is 3. The number of aromatic nitrogens is 4. The van der Waals surface area contributed by atoms with Gasteiger partial charge in [0.1, 0.15) is 29.0 Å². The van der Waals surface area contributed by atoms with Crippen LogP contribution in [0.25, 0.3) is 21.1 Å². The zero-order valence-electron chi connectivity index (χ0n) is 23.8. The zero-order chi connectivity index (χ0) is 28.3. The van der Waals surface area contributed by atoms with Crippen molar-refractivity contribution in [3.63, 3.8) is 0 Å². The van der Waals surface area contributed by atoms with Crippen molar-refractivity contribution in [1.29, 1.82) is 0 Å². The molecule has 214 valence electrons. The van der Waals surface area contributed by atoms with Crippen LogP contribution < -0.4 is 10.1 Å². The summed E-state index contributed by atoms with van der Waals surface area (Å²) in [4.78, 5) is 16.0. The van der Waals surface area contributed by atoms with E-state index >= 15 is 0 Å². The molecular weight excluding hydrogens is 534 g/mol. The molecular formula is C31H37N7O2S. The van der Waals surface area contributed by atoms with Crippen molar-refractivity contribution in [2.75, 3.05) is 39.6 Å². The number of aliphatic hydroxyl groups excluding tert-OH is 1. The molecule has 3 heterocycles. The number of thiophene rings is 1. The van der Waals surface area contributed by atoms with E-state index < -0.39 is 6.23 Å². The SMILES string of the molecule is COc1cc2[nH]ncc2cc1Nc1ncnc2sc3c(c12)CC[C@H](C(O)N(CCCN(C)C)Cc1ccccc1)C3. The number of nitrogens with zero attached hydrogens (tertiary/aromatic N) is 5. The predicted molar refractivity (Wildman–Crippen MR) is 165 cm³/mol. The number of H-pyrrole nitrogens is 1. The number of aromatic amines is 1. The average Bonchev–Trinajstić information content (AvgIpc) is 3.60. The van der Waals surface area contributed by atoms with Crippen molar-refractivity contribution < 1.29 is 9.84 Å². The van der Waals surface area contributed by atoms with Gasteiger partial charge in [-0.1, -0.05) is 30.3 Å². The predicted octanol–water partition coefficient (Wildman–Crippen LogP) is 5.20. The van der Waals surface area contributed by atoms with E-state index in [1.54, 1.807) is 31.0 Å². The summed E-state index contributed by atoms with van der Waals surface area (Å²) < 4.78 is 5.66. The summed E-state index contributed by atoms with van der Waals surface area (Å²) in [5.74, 6) is 1.65. The highest BCUT2D eigenvalue weighted by Crippen LogP contribution is 2.42. The Hall–Kier alpha value is -3.57. The van der Waals surface area contributed by atoms with Crippen molar-refractivity contribution in [3.05, 3.63) is 71.0 Å². The Labute approximate surface area is 244 Å². The largest absolute Gasteiger partial charge is 0.494 e. The van der Waals surface area contributed by atoms with Crippen LogP contribution >= 0.6 is 11.3 Å². The van der Waals surface area contributed by atoms with E-state index in [1.807, 2.05) is 18.2 Å². The molecule has 3 aromatic heterocycles. The van der Waals surface area contributed by atoms with E-state index in [2.05, 4.69) is 73.6 Å². The van der Waals surface area contributed by atoms with Crippen molar-refractivity contribution in [3.8, 4) is 5.75 Å². The molecule has 0 saturated heterocycles. The van der Waals surface area contributed by atoms with Crippen LogP contribution in [0.2, 0.25) is 0 Å². The van der Waals surface area contributed by atoms with Gasteiger partial charge in [0.25, 0.3) is 0 Å². The highest BCUT2D eigenvalue weighted by molar-refractivity contribution is 7.19. The van der Waals surface area contributed by atoms with E-state index in [-0.39, 0.29) is 5.92 Å². The lowest BCUT2D eigenvalue weighted by Crippen LogP contribution is -2.43. The van der Waals surface area contributed by atoms with E-state index in [1.165, 1.54) is 16.0 Å². The molecule has 0 spiro atoms. The summed E-state index contributed by atoms with van der Waals surface area (Å²) in [5.41, 5.74) is 4.27. The first-order valence-electron chi connectivity index (χ1n) is 14.1. The molecule has 1 unspecified atom stereocenters. The third-order valence-electron chi connectivity index (χ3n) is 7.97. The quantitative estimate of drug-likeness (QED) is 0.186. The Kier molecular flexibility index (Phi) is 8.16. The molecule has 0 amide bonds. The third kappa shape index (κ3) is 5.92. The van der Waals surface area contributed by atoms with Gasteiger partial charge >= 0.3 is 0 Å². The van der Waals surface area contributed by atoms with E-state index in [0.717, 1.165) is 77.9 Å². The first kappa shape index (κ1) is 27.6. The maximum atomic E-state index is 11.7. The molecule has 0 saturated carbocycles. The molecule has 0 bridgehead atoms. The minimum Gasteiger partial charge on any atom is -0.494 e. The van der Waals surface area contributed by atoms with Gasteiger partial charge in [-0.2, -0.15) is 5.10 Å². The molecule has 0 aliphatic heterocycles. The van der Waals surface area contributed by atoms with Gasteiger partial charge in [-0.15, -0.1) is 11.3 Å². The lowest BCUT2D eigenvalue weighted by molar-refractivity contribution is -0.0500. The summed E-state index contributed by atoms with van der Waals surface area (Å²) in [5, 5.41) is 24.4. The second-order valence-corrected chi connectivity index (χ2v) is 12.2. The topological polar surface area (TPSA) is 102 Å². The number of hydrogen-bond acceptors (Lipinski definition) is 9. The van der Waals surface area contributed by atoms with Crippen LogP contribution in [0.15, 0.2) is 55.0 Å². The molecule has 6 rings (SSSR count). The minimum absolute atomic E-state index is 0.159. The Bertz CT molecular complexity index is 1620. The number of ether oxygens (including phenoxy) is 1. The van der Waals surface area contributed by atoms with Gasteiger partial charge in [-0.3, -0.25) is 10.00 Å². The fourth-order valence-corrected chi connectivity index (χ4v) is 7.14. The van der Waals surface area contributed by atoms with Gasteiger partial charge in [0.15, 0.2) is 0 Å². The van der Waals surface area contributed by atoms with Crippen LogP contribution in [-0.4, -0.2) is 75.6 Å². The average molecular weight is 572 g/mol. The zero-order valence-corrected chi connectivity index (χ0v) is 24.6. The third-order valence-corrected chi connectivity index (χ3v) is 9.13. The summed E-state index contributed by atoms with van der Waals surface area (Å²) in [6, 6.07) is 14.4. The Morgan fingerprint density at radius 3 is 2.83 bits per heavy atom. The molecule has 5 aromatic rings. The molecule has 0 fully saturated rings. The lowest BCUT2D eigenvalue weighted by Gasteiger charge is -2.35. The van der Waals surface area contributed by atoms with Crippen LogP contribution in [0.1, 0.15) is 28.8 Å². The van der Waals surface area contributed by atoms with Gasteiger partial charge in [0.2, 0.25) is 0 Å². The second kappa shape index (κ2) is 12.1. The van der Waals surface area contributed by atoms with Crippen molar-refractivity contribution in [1.82, 2.24) is 30.0 Å². The number of anilines is 2. The van der Waals surface area contributed by atoms with Crippen LogP contribution in [0, 0.1) is 5.92 Å². The Morgan fingerprint density at radius 1 is 1.17 bits per heavy atom. The van der Waals surface area contributed by atoms with Crippen LogP contribution in [0.5, 0.6) is 5.75 Å². The summed E-state index contributed by atoms with van der Waals surface area (Å²) in [6.45, 7) is 2.59. The number of benzene rings is 2. The molecule has 0 radical (unpaired) electrons. The molecule has 9 nitrogen and oxygen atoms in total. The number of methoxy groups -OCH3 is 1. The highest BCUT2D eigenvalue weighted by atomic mass is 32.1. The number of rotatable bonds is 11. The van der Waals surface area contributed by atoms with Gasteiger partial charge < -0.3 is 20.1 Å². The molecule has 41 heavy (non-hydrogen) atoms. The second-order valence-electron chi connectivity index (χ2n) is 11.1. The Morgan fingerprint density at radius 2 is 2.02 bits per heavy atom. The Balaban J connectivity index is 1.25. The van der Waals surface area contributed by atoms with E-state index in [0.29, 0.717) is 5.75 Å². The monoisotopic (exact) mass is 571 g/mol. The fourth-order valence-electron chi connectivity index (χ4n) is 5.86. The number of aryl methyl sites for hydroxylation is 1. The van der Waals surface area contributed by atoms with Gasteiger partial charge in [-0.05, 0) is 63.5 Å². The summed E-state index contributed by atoms with van der Waals surface area (Å²) >= 11 is 1.72. The van der Waals surface area contributed by atoms with E-state index in [4.69, 9.17) is 4.74 Å². The molecule has 1 aliphatic carbocycles. The molecule has 3 N–H and O–H groups in total. The van der Waals surface area contributed by atoms with E-state index in [9.17, 15) is 5.11 Å². The van der Waals surface area contributed by atoms with Crippen molar-refractivity contribution in [2.45, 2.75) is 38.5 Å². The molecule has 2 atom stereocenters. The molecule has 2 aromatic carbocycles. The lowest BCUT2D eigenvalue weighted by atomic mass is 9.86. The number of aliphatic hydroxyl groups is 1. The smallest absolute Gasteiger partial charge is 0.144 e. The van der Waals surface area contributed by atoms with Crippen LogP contribution in [-0.2, 0) is 19.4 Å².